The lowest BCUT2D eigenvalue weighted by Gasteiger charge is -2.37. The number of fused-ring (bicyclic) bond motifs is 2. The van der Waals surface area contributed by atoms with E-state index >= 15 is 8.78 Å². The van der Waals surface area contributed by atoms with Crippen molar-refractivity contribution in [2.24, 2.45) is 17.3 Å². The van der Waals surface area contributed by atoms with Gasteiger partial charge in [0.1, 0.15) is 17.3 Å². The van der Waals surface area contributed by atoms with E-state index in [1.807, 2.05) is 0 Å². The van der Waals surface area contributed by atoms with Gasteiger partial charge >= 0.3 is 0 Å². The Hall–Kier alpha value is -1.84. The molecule has 1 heterocycles. The van der Waals surface area contributed by atoms with Gasteiger partial charge in [-0.05, 0) is 74.8 Å². The normalized spacial score (nSPS) is 36.2. The van der Waals surface area contributed by atoms with E-state index in [1.54, 1.807) is 0 Å². The van der Waals surface area contributed by atoms with Crippen molar-refractivity contribution in [2.45, 2.75) is 81.6 Å². The van der Waals surface area contributed by atoms with Crippen LogP contribution in [0.1, 0.15) is 69.4 Å². The molecule has 5 atom stereocenters. The zero-order valence-electron chi connectivity index (χ0n) is 20.0. The summed E-state index contributed by atoms with van der Waals surface area (Å²) < 4.78 is 50.5. The third-order valence-electron chi connectivity index (χ3n) is 8.82. The number of carbonyl (C=O) groups is 2. The van der Waals surface area contributed by atoms with Gasteiger partial charge in [-0.15, -0.1) is 0 Å². The van der Waals surface area contributed by atoms with E-state index in [-0.39, 0.29) is 54.5 Å². The highest BCUT2D eigenvalue weighted by Gasteiger charge is 2.59. The van der Waals surface area contributed by atoms with Crippen LogP contribution in [-0.4, -0.2) is 47.9 Å². The molecule has 2 amide bonds. The van der Waals surface area contributed by atoms with Crippen LogP contribution in [0.25, 0.3) is 0 Å². The first-order valence-electron chi connectivity index (χ1n) is 12.8. The van der Waals surface area contributed by atoms with Crippen LogP contribution in [0, 0.1) is 28.9 Å². The molecule has 198 valence electrons. The van der Waals surface area contributed by atoms with Gasteiger partial charge in [-0.3, -0.25) is 9.59 Å². The summed E-state index contributed by atoms with van der Waals surface area (Å²) in [7, 11) is 0. The summed E-state index contributed by atoms with van der Waals surface area (Å²) in [6.45, 7) is 1.16. The molecule has 6 nitrogen and oxygen atoms in total. The van der Waals surface area contributed by atoms with E-state index in [0.29, 0.717) is 32.5 Å². The maximum absolute atomic E-state index is 15.1. The number of nitrogens with one attached hydrogen (secondary N) is 2. The van der Waals surface area contributed by atoms with Gasteiger partial charge in [0.25, 0.3) is 0 Å². The molecule has 1 aromatic rings. The maximum atomic E-state index is 15.1. The monoisotopic (exact) mass is 528 g/mol. The summed E-state index contributed by atoms with van der Waals surface area (Å²) >= 11 is 5.96. The van der Waals surface area contributed by atoms with Gasteiger partial charge in [-0.25, -0.2) is 13.2 Å². The highest BCUT2D eigenvalue weighted by atomic mass is 35.5. The summed E-state index contributed by atoms with van der Waals surface area (Å²) in [6.07, 6.45) is 1.98. The van der Waals surface area contributed by atoms with Gasteiger partial charge < -0.3 is 20.5 Å². The fourth-order valence-corrected chi connectivity index (χ4v) is 6.99. The zero-order chi connectivity index (χ0) is 25.7. The molecule has 0 unspecified atom stereocenters. The van der Waals surface area contributed by atoms with Crippen molar-refractivity contribution < 1.29 is 32.6 Å². The molecule has 10 heteroatoms. The number of hydrogen-bond acceptors (Lipinski definition) is 4. The van der Waals surface area contributed by atoms with Gasteiger partial charge in [0.15, 0.2) is 0 Å². The number of amides is 2. The molecule has 1 aromatic carbocycles. The Balaban J connectivity index is 1.31. The molecular weight excluding hydrogens is 497 g/mol. The third-order valence-corrected chi connectivity index (χ3v) is 9.11. The Labute approximate surface area is 213 Å². The van der Waals surface area contributed by atoms with Crippen molar-refractivity contribution in [1.29, 1.82) is 0 Å². The first kappa shape index (κ1) is 25.8. The molecule has 3 N–H and O–H groups in total. The lowest BCUT2D eigenvalue weighted by molar-refractivity contribution is -0.127. The number of carbonyl (C=O) groups excluding carboxylic acids is 2. The molecule has 36 heavy (non-hydrogen) atoms. The number of benzene rings is 1. The molecule has 0 spiro atoms. The van der Waals surface area contributed by atoms with Crippen molar-refractivity contribution in [1.82, 2.24) is 10.6 Å². The SMILES string of the molecule is O=C(C[C@H]1CCOC1)N[C@H]1C[C@H](C(=O)N[C@H](c2c(F)ccc(Cl)c2F)C23CCC(F)(CC2)C3)C[C@H]1O. The van der Waals surface area contributed by atoms with Gasteiger partial charge in [-0.1, -0.05) is 11.6 Å². The van der Waals surface area contributed by atoms with Gasteiger partial charge in [0.2, 0.25) is 11.8 Å². The van der Waals surface area contributed by atoms with E-state index in [9.17, 15) is 19.1 Å². The van der Waals surface area contributed by atoms with Crippen molar-refractivity contribution in [3.63, 3.8) is 0 Å². The second kappa shape index (κ2) is 9.80. The molecule has 4 aliphatic rings. The topological polar surface area (TPSA) is 87.7 Å². The standard InChI is InChI=1S/C26H32ClF3N2O4/c27-16-1-2-17(28)21(22(16)29)23(25-4-6-26(30,13-25)7-5-25)32-24(35)15-10-18(19(33)11-15)31-20(34)9-14-3-8-36-12-14/h1-2,14-15,18-19,23,33H,3-13H2,(H,31,34)(H,32,35)/t14-,15+,18+,19-,23-,25?,26?/m1/s1. The second-order valence-corrected chi connectivity index (χ2v) is 11.6. The van der Waals surface area contributed by atoms with E-state index in [4.69, 9.17) is 16.3 Å². The summed E-state index contributed by atoms with van der Waals surface area (Å²) in [5, 5.41) is 15.9. The van der Waals surface area contributed by atoms with Crippen LogP contribution >= 0.6 is 11.6 Å². The molecule has 1 saturated heterocycles. The zero-order valence-corrected chi connectivity index (χ0v) is 20.8. The Morgan fingerprint density at radius 3 is 2.58 bits per heavy atom. The van der Waals surface area contributed by atoms with Crippen LogP contribution < -0.4 is 10.6 Å². The Bertz CT molecular complexity index is 1030. The highest BCUT2D eigenvalue weighted by Crippen LogP contribution is 2.63. The van der Waals surface area contributed by atoms with E-state index in [1.165, 1.54) is 0 Å². The summed E-state index contributed by atoms with van der Waals surface area (Å²) in [5.41, 5.74) is -2.55. The van der Waals surface area contributed by atoms with Crippen molar-refractivity contribution in [3.05, 3.63) is 34.4 Å². The lowest BCUT2D eigenvalue weighted by atomic mass is 9.74. The average molecular weight is 529 g/mol. The second-order valence-electron chi connectivity index (χ2n) is 11.2. The van der Waals surface area contributed by atoms with Crippen LogP contribution in [0.3, 0.4) is 0 Å². The van der Waals surface area contributed by atoms with E-state index in [0.717, 1.165) is 18.6 Å². The van der Waals surface area contributed by atoms with Crippen LogP contribution in [0.5, 0.6) is 0 Å². The number of halogens is 4. The number of hydrogen-bond donors (Lipinski definition) is 3. The summed E-state index contributed by atoms with van der Waals surface area (Å²) in [6, 6.07) is 0.497. The van der Waals surface area contributed by atoms with Crippen LogP contribution in [-0.2, 0) is 14.3 Å². The molecular formula is C26H32ClF3N2O4. The molecule has 5 rings (SSSR count). The Kier molecular flexibility index (Phi) is 7.02. The van der Waals surface area contributed by atoms with Crippen molar-refractivity contribution >= 4 is 23.4 Å². The van der Waals surface area contributed by atoms with Crippen LogP contribution in [0.15, 0.2) is 12.1 Å². The van der Waals surface area contributed by atoms with Crippen molar-refractivity contribution in [3.8, 4) is 0 Å². The van der Waals surface area contributed by atoms with Gasteiger partial charge in [0.05, 0.1) is 23.2 Å². The molecule has 2 bridgehead atoms. The first-order valence-corrected chi connectivity index (χ1v) is 13.1. The molecule has 3 saturated carbocycles. The minimum atomic E-state index is -1.39. The maximum Gasteiger partial charge on any atom is 0.223 e. The van der Waals surface area contributed by atoms with Gasteiger partial charge in [0, 0.05) is 31.1 Å². The first-order chi connectivity index (χ1) is 17.1. The van der Waals surface area contributed by atoms with Crippen LogP contribution in [0.2, 0.25) is 5.02 Å². The highest BCUT2D eigenvalue weighted by molar-refractivity contribution is 6.30. The minimum absolute atomic E-state index is 0.108. The predicted molar refractivity (Wildman–Crippen MR) is 126 cm³/mol. The quantitative estimate of drug-likeness (QED) is 0.464. The number of alkyl halides is 1. The number of aliphatic hydroxyl groups is 1. The number of rotatable bonds is 7. The summed E-state index contributed by atoms with van der Waals surface area (Å²) in [5.74, 6) is -2.99. The molecule has 3 aliphatic carbocycles. The van der Waals surface area contributed by atoms with Crippen LogP contribution in [0.4, 0.5) is 13.2 Å². The predicted octanol–water partition coefficient (Wildman–Crippen LogP) is 4.13. The lowest BCUT2D eigenvalue weighted by Crippen LogP contribution is -2.43. The smallest absolute Gasteiger partial charge is 0.223 e. The third kappa shape index (κ3) is 4.86. The van der Waals surface area contributed by atoms with E-state index < -0.39 is 52.7 Å². The molecule has 0 aromatic heterocycles. The number of ether oxygens (including phenoxy) is 1. The average Bonchev–Trinajstić information content (AvgIpc) is 3.61. The van der Waals surface area contributed by atoms with Crippen molar-refractivity contribution in [2.75, 3.05) is 13.2 Å². The van der Waals surface area contributed by atoms with E-state index in [2.05, 4.69) is 10.6 Å². The molecule has 0 radical (unpaired) electrons. The largest absolute Gasteiger partial charge is 0.391 e. The summed E-state index contributed by atoms with van der Waals surface area (Å²) in [4.78, 5) is 25.8. The molecule has 1 aliphatic heterocycles. The van der Waals surface area contributed by atoms with Gasteiger partial charge in [-0.2, -0.15) is 0 Å². The Morgan fingerprint density at radius 2 is 1.94 bits per heavy atom. The fraction of sp³-hybridized carbons (Fsp3) is 0.692. The number of aliphatic hydroxyl groups excluding tert-OH is 1. The fourth-order valence-electron chi connectivity index (χ4n) is 6.83. The Morgan fingerprint density at radius 1 is 1.19 bits per heavy atom. The molecule has 4 fully saturated rings. The minimum Gasteiger partial charge on any atom is -0.391 e.